The van der Waals surface area contributed by atoms with Gasteiger partial charge in [-0.05, 0) is 19.4 Å². The van der Waals surface area contributed by atoms with Crippen LogP contribution in [0.4, 0.5) is 0 Å². The van der Waals surface area contributed by atoms with Gasteiger partial charge in [-0.1, -0.05) is 0 Å². The number of aromatic nitrogens is 2. The normalized spacial score (nSPS) is 10.7. The molecule has 0 atom stereocenters. The van der Waals surface area contributed by atoms with Crippen molar-refractivity contribution >= 4 is 27.5 Å². The zero-order valence-electron chi connectivity index (χ0n) is 7.74. The van der Waals surface area contributed by atoms with Crippen LogP contribution in [0.3, 0.4) is 0 Å². The maximum atomic E-state index is 10.9. The van der Waals surface area contributed by atoms with E-state index in [1.807, 2.05) is 6.92 Å². The van der Waals surface area contributed by atoms with Gasteiger partial charge in [0.2, 0.25) is 0 Å². The molecule has 2 rings (SSSR count). The highest BCUT2D eigenvalue weighted by Crippen LogP contribution is 2.30. The Balaban J connectivity index is 2.87. The predicted molar refractivity (Wildman–Crippen MR) is 53.8 cm³/mol. The molecule has 0 aliphatic carbocycles. The minimum Gasteiger partial charge on any atom is -0.477 e. The summed E-state index contributed by atoms with van der Waals surface area (Å²) in [5, 5.41) is 9.79. The van der Waals surface area contributed by atoms with Crippen LogP contribution in [0.15, 0.2) is 6.33 Å². The molecule has 0 bridgehead atoms. The first kappa shape index (κ1) is 9.08. The Hall–Kier alpha value is -1.49. The zero-order valence-corrected chi connectivity index (χ0v) is 8.55. The van der Waals surface area contributed by atoms with Crippen molar-refractivity contribution in [2.24, 2.45) is 0 Å². The van der Waals surface area contributed by atoms with Crippen LogP contribution in [0.5, 0.6) is 0 Å². The van der Waals surface area contributed by atoms with Crippen molar-refractivity contribution in [2.75, 3.05) is 0 Å². The van der Waals surface area contributed by atoms with Gasteiger partial charge in [0.25, 0.3) is 0 Å². The minimum atomic E-state index is -0.898. The molecule has 0 amide bonds. The Labute approximate surface area is 84.2 Å². The van der Waals surface area contributed by atoms with E-state index in [-0.39, 0.29) is 0 Å². The van der Waals surface area contributed by atoms with Crippen molar-refractivity contribution in [1.29, 1.82) is 0 Å². The molecule has 0 saturated carbocycles. The van der Waals surface area contributed by atoms with Crippen LogP contribution in [-0.4, -0.2) is 21.0 Å². The van der Waals surface area contributed by atoms with Gasteiger partial charge < -0.3 is 5.11 Å². The highest BCUT2D eigenvalue weighted by molar-refractivity contribution is 7.20. The quantitative estimate of drug-likeness (QED) is 0.778. The minimum absolute atomic E-state index is 0.351. The summed E-state index contributed by atoms with van der Waals surface area (Å²) in [6.45, 7) is 3.65. The van der Waals surface area contributed by atoms with Crippen LogP contribution in [0.2, 0.25) is 0 Å². The molecule has 5 heteroatoms. The molecule has 0 fully saturated rings. The van der Waals surface area contributed by atoms with E-state index in [4.69, 9.17) is 5.11 Å². The molecule has 0 spiro atoms. The number of carbonyl (C=O) groups is 1. The second-order valence-corrected chi connectivity index (χ2v) is 4.00. The maximum absolute atomic E-state index is 10.9. The first-order valence-electron chi connectivity index (χ1n) is 4.05. The molecule has 0 radical (unpaired) electrons. The van der Waals surface area contributed by atoms with Gasteiger partial charge in [-0.2, -0.15) is 0 Å². The second kappa shape index (κ2) is 3.02. The van der Waals surface area contributed by atoms with Crippen LogP contribution in [0.25, 0.3) is 10.2 Å². The van der Waals surface area contributed by atoms with Crippen LogP contribution in [-0.2, 0) is 0 Å². The molecule has 14 heavy (non-hydrogen) atoms. The Bertz CT molecular complexity index is 519. The van der Waals surface area contributed by atoms with Crippen LogP contribution < -0.4 is 0 Å². The summed E-state index contributed by atoms with van der Waals surface area (Å²) in [5.41, 5.74) is 1.59. The Morgan fingerprint density at radius 3 is 2.71 bits per heavy atom. The van der Waals surface area contributed by atoms with Gasteiger partial charge in [-0.3, -0.25) is 0 Å². The first-order chi connectivity index (χ1) is 6.61. The lowest BCUT2D eigenvalue weighted by molar-refractivity contribution is 0.0701. The fraction of sp³-hybridized carbons (Fsp3) is 0.222. The number of thiophene rings is 1. The maximum Gasteiger partial charge on any atom is 0.346 e. The van der Waals surface area contributed by atoms with Crippen molar-refractivity contribution in [2.45, 2.75) is 13.8 Å². The zero-order chi connectivity index (χ0) is 10.3. The molecule has 4 nitrogen and oxygen atoms in total. The Morgan fingerprint density at radius 2 is 2.14 bits per heavy atom. The number of rotatable bonds is 1. The summed E-state index contributed by atoms with van der Waals surface area (Å²) < 4.78 is 0. The standard InChI is InChI=1S/C9H8N2O2S/c1-4-6-5(2)10-3-11-8(6)14-7(4)9(12)13/h3H,1-2H3,(H,12,13). The number of aromatic carboxylic acids is 1. The van der Waals surface area contributed by atoms with Crippen LogP contribution in [0.1, 0.15) is 20.9 Å². The fourth-order valence-corrected chi connectivity index (χ4v) is 2.49. The molecule has 0 aliphatic heterocycles. The van der Waals surface area contributed by atoms with Crippen LogP contribution in [0, 0.1) is 13.8 Å². The summed E-state index contributed by atoms with van der Waals surface area (Å²) in [6.07, 6.45) is 1.46. The SMILES string of the molecule is Cc1ncnc2sc(C(=O)O)c(C)c12. The molecule has 72 valence electrons. The monoisotopic (exact) mass is 208 g/mol. The molecule has 1 N–H and O–H groups in total. The number of fused-ring (bicyclic) bond motifs is 1. The molecule has 2 heterocycles. The lowest BCUT2D eigenvalue weighted by Gasteiger charge is -1.94. The van der Waals surface area contributed by atoms with Gasteiger partial charge in [-0.25, -0.2) is 14.8 Å². The van der Waals surface area contributed by atoms with Gasteiger partial charge >= 0.3 is 5.97 Å². The number of nitrogens with zero attached hydrogens (tertiary/aromatic N) is 2. The topological polar surface area (TPSA) is 63.1 Å². The molecule has 0 aromatic carbocycles. The highest BCUT2D eigenvalue weighted by Gasteiger charge is 2.16. The van der Waals surface area contributed by atoms with Gasteiger partial charge in [0.05, 0.1) is 0 Å². The molecule has 2 aromatic rings. The smallest absolute Gasteiger partial charge is 0.346 e. The van der Waals surface area contributed by atoms with Crippen molar-refractivity contribution in [1.82, 2.24) is 9.97 Å². The van der Waals surface area contributed by atoms with Gasteiger partial charge in [0.15, 0.2) is 0 Å². The number of hydrogen-bond donors (Lipinski definition) is 1. The largest absolute Gasteiger partial charge is 0.477 e. The number of aryl methyl sites for hydroxylation is 2. The fourth-order valence-electron chi connectivity index (χ4n) is 1.45. The van der Waals surface area contributed by atoms with E-state index in [0.29, 0.717) is 4.88 Å². The lowest BCUT2D eigenvalue weighted by Crippen LogP contribution is -1.94. The molecule has 2 aromatic heterocycles. The Kier molecular flexibility index (Phi) is 1.96. The number of hydrogen-bond acceptors (Lipinski definition) is 4. The summed E-state index contributed by atoms with van der Waals surface area (Å²) in [7, 11) is 0. The van der Waals surface area contributed by atoms with Gasteiger partial charge in [-0.15, -0.1) is 11.3 Å². The third-order valence-corrected chi connectivity index (χ3v) is 3.30. The van der Waals surface area contributed by atoms with E-state index in [9.17, 15) is 4.79 Å². The van der Waals surface area contributed by atoms with E-state index in [2.05, 4.69) is 9.97 Å². The predicted octanol–water partition coefficient (Wildman–Crippen LogP) is 2.01. The average Bonchev–Trinajstić information content (AvgIpc) is 2.45. The van der Waals surface area contributed by atoms with Crippen LogP contribution >= 0.6 is 11.3 Å². The average molecular weight is 208 g/mol. The van der Waals surface area contributed by atoms with Crippen molar-refractivity contribution in [3.8, 4) is 0 Å². The van der Waals surface area contributed by atoms with E-state index in [0.717, 1.165) is 21.5 Å². The van der Waals surface area contributed by atoms with Gasteiger partial charge in [0, 0.05) is 11.1 Å². The van der Waals surface area contributed by atoms with Crippen molar-refractivity contribution in [3.05, 3.63) is 22.5 Å². The summed E-state index contributed by atoms with van der Waals surface area (Å²) >= 11 is 1.20. The molecule has 0 unspecified atom stereocenters. The van der Waals surface area contributed by atoms with E-state index >= 15 is 0 Å². The molecular formula is C9H8N2O2S. The lowest BCUT2D eigenvalue weighted by atomic mass is 10.2. The summed E-state index contributed by atoms with van der Waals surface area (Å²) in [4.78, 5) is 20.1. The Morgan fingerprint density at radius 1 is 1.43 bits per heavy atom. The summed E-state index contributed by atoms with van der Waals surface area (Å²) in [6, 6.07) is 0. The molecule has 0 aliphatic rings. The molecule has 0 saturated heterocycles. The highest BCUT2D eigenvalue weighted by atomic mass is 32.1. The van der Waals surface area contributed by atoms with E-state index < -0.39 is 5.97 Å². The number of carboxylic acid groups (broad SMARTS) is 1. The molecular weight excluding hydrogens is 200 g/mol. The van der Waals surface area contributed by atoms with E-state index in [1.165, 1.54) is 17.7 Å². The van der Waals surface area contributed by atoms with E-state index in [1.54, 1.807) is 6.92 Å². The third-order valence-electron chi connectivity index (χ3n) is 2.11. The van der Waals surface area contributed by atoms with Crippen molar-refractivity contribution in [3.63, 3.8) is 0 Å². The third kappa shape index (κ3) is 1.17. The number of carboxylic acids is 1. The first-order valence-corrected chi connectivity index (χ1v) is 4.87. The summed E-state index contributed by atoms with van der Waals surface area (Å²) in [5.74, 6) is -0.898. The van der Waals surface area contributed by atoms with Gasteiger partial charge in [0.1, 0.15) is 16.0 Å². The van der Waals surface area contributed by atoms with Crippen molar-refractivity contribution < 1.29 is 9.90 Å². The second-order valence-electron chi connectivity index (χ2n) is 3.00.